The highest BCUT2D eigenvalue weighted by Gasteiger charge is 2.07. The summed E-state index contributed by atoms with van der Waals surface area (Å²) in [4.78, 5) is 0. The molecule has 0 aromatic heterocycles. The van der Waals surface area contributed by atoms with Crippen molar-refractivity contribution in [1.29, 1.82) is 0 Å². The lowest BCUT2D eigenvalue weighted by Gasteiger charge is -2.09. The second-order valence-electron chi connectivity index (χ2n) is 3.64. The van der Waals surface area contributed by atoms with Gasteiger partial charge in [0.2, 0.25) is 0 Å². The lowest BCUT2D eigenvalue weighted by Crippen LogP contribution is -2.06. The molecule has 1 aromatic carbocycles. The molecule has 0 heterocycles. The molecule has 0 amide bonds. The van der Waals surface area contributed by atoms with Crippen molar-refractivity contribution in [2.75, 3.05) is 12.4 Å². The second-order valence-corrected chi connectivity index (χ2v) is 5.13. The summed E-state index contributed by atoms with van der Waals surface area (Å²) in [5.41, 5.74) is 2.13. The summed E-state index contributed by atoms with van der Waals surface area (Å²) >= 11 is 0. The zero-order valence-electron chi connectivity index (χ0n) is 9.36. The van der Waals surface area contributed by atoms with Crippen molar-refractivity contribution in [1.82, 2.24) is 0 Å². The molecule has 0 saturated carbocycles. The Morgan fingerprint density at radius 2 is 2.00 bits per heavy atom. The highest BCUT2D eigenvalue weighted by molar-refractivity contribution is 7.86. The number of hydrogen-bond donors (Lipinski definition) is 0. The quantitative estimate of drug-likeness (QED) is 0.591. The maximum atomic E-state index is 12.2. The van der Waals surface area contributed by atoms with Gasteiger partial charge in [-0.25, -0.2) is 0 Å². The first kappa shape index (κ1) is 13.0. The molecule has 0 N–H and O–H groups in total. The van der Waals surface area contributed by atoms with Gasteiger partial charge in [-0.05, 0) is 37.5 Å². The third-order valence-corrected chi connectivity index (χ3v) is 3.12. The predicted molar refractivity (Wildman–Crippen MR) is 60.9 cm³/mol. The van der Waals surface area contributed by atoms with E-state index in [-0.39, 0.29) is 13.0 Å². The molecule has 0 atom stereocenters. The molecule has 0 unspecified atom stereocenters. The van der Waals surface area contributed by atoms with E-state index >= 15 is 0 Å². The molecule has 0 bridgehead atoms. The topological polar surface area (TPSA) is 43.4 Å². The van der Waals surface area contributed by atoms with Gasteiger partial charge in [-0.3, -0.25) is 0 Å². The van der Waals surface area contributed by atoms with Crippen LogP contribution >= 0.6 is 0 Å². The maximum Gasteiger partial charge on any atom is 0.302 e. The molecule has 3 nitrogen and oxygen atoms in total. The van der Waals surface area contributed by atoms with Crippen molar-refractivity contribution in [3.8, 4) is 5.75 Å². The van der Waals surface area contributed by atoms with Gasteiger partial charge in [-0.1, -0.05) is 12.1 Å². The van der Waals surface area contributed by atoms with Crippen molar-refractivity contribution < 1.29 is 17.0 Å². The average Bonchev–Trinajstić information content (AvgIpc) is 2.17. The Bertz CT molecular complexity index is 454. The van der Waals surface area contributed by atoms with Gasteiger partial charge in [0.05, 0.1) is 12.4 Å². The van der Waals surface area contributed by atoms with Crippen molar-refractivity contribution in [3.63, 3.8) is 0 Å². The molecule has 16 heavy (non-hydrogen) atoms. The summed E-state index contributed by atoms with van der Waals surface area (Å²) < 4.78 is 38.0. The van der Waals surface area contributed by atoms with E-state index in [9.17, 15) is 12.3 Å². The smallest absolute Gasteiger partial charge is 0.302 e. The largest absolute Gasteiger partial charge is 0.493 e. The molecular weight excluding hydrogens is 231 g/mol. The van der Waals surface area contributed by atoms with E-state index in [1.807, 2.05) is 32.0 Å². The minimum absolute atomic E-state index is 0.159. The third kappa shape index (κ3) is 4.18. The monoisotopic (exact) mass is 246 g/mol. The Kier molecular flexibility index (Phi) is 4.29. The van der Waals surface area contributed by atoms with Crippen molar-refractivity contribution in [2.45, 2.75) is 20.3 Å². The molecule has 0 radical (unpaired) electrons. The van der Waals surface area contributed by atoms with Crippen molar-refractivity contribution >= 4 is 10.2 Å². The first-order valence-corrected chi connectivity index (χ1v) is 6.57. The Hall–Kier alpha value is -1.10. The fourth-order valence-corrected chi connectivity index (χ4v) is 1.76. The van der Waals surface area contributed by atoms with Crippen LogP contribution in [0.15, 0.2) is 18.2 Å². The van der Waals surface area contributed by atoms with Crippen LogP contribution < -0.4 is 4.74 Å². The normalized spacial score (nSPS) is 11.4. The molecule has 5 heteroatoms. The highest BCUT2D eigenvalue weighted by atomic mass is 32.3. The molecule has 0 aliphatic rings. The van der Waals surface area contributed by atoms with Gasteiger partial charge in [0, 0.05) is 0 Å². The van der Waals surface area contributed by atoms with Crippen LogP contribution in [0.3, 0.4) is 0 Å². The van der Waals surface area contributed by atoms with Gasteiger partial charge in [0.25, 0.3) is 0 Å². The number of aryl methyl sites for hydroxylation is 1. The van der Waals surface area contributed by atoms with E-state index in [1.165, 1.54) is 0 Å². The average molecular weight is 246 g/mol. The maximum absolute atomic E-state index is 12.2. The van der Waals surface area contributed by atoms with Crippen LogP contribution in [0.1, 0.15) is 17.5 Å². The number of hydrogen-bond acceptors (Lipinski definition) is 3. The fraction of sp³-hybridized carbons (Fsp3) is 0.455. The van der Waals surface area contributed by atoms with E-state index in [0.717, 1.165) is 16.9 Å². The summed E-state index contributed by atoms with van der Waals surface area (Å²) in [5.74, 6) is 0.231. The Morgan fingerprint density at radius 1 is 1.31 bits per heavy atom. The minimum atomic E-state index is -4.38. The lowest BCUT2D eigenvalue weighted by atomic mass is 10.1. The van der Waals surface area contributed by atoms with E-state index in [0.29, 0.717) is 0 Å². The predicted octanol–water partition coefficient (Wildman–Crippen LogP) is 2.37. The van der Waals surface area contributed by atoms with Crippen LogP contribution in [0.25, 0.3) is 0 Å². The SMILES string of the molecule is Cc1cccc(OCCCS(=O)(=O)F)c1C. The van der Waals surface area contributed by atoms with E-state index < -0.39 is 16.0 Å². The van der Waals surface area contributed by atoms with Gasteiger partial charge in [0.1, 0.15) is 5.75 Å². The standard InChI is InChI=1S/C11H15FO3S/c1-9-5-3-6-11(10(9)2)15-7-4-8-16(12,13)14/h3,5-6H,4,7-8H2,1-2H3. The molecule has 0 saturated heterocycles. The molecule has 1 aromatic rings. The van der Waals surface area contributed by atoms with Gasteiger partial charge >= 0.3 is 10.2 Å². The first-order valence-electron chi connectivity index (χ1n) is 5.01. The highest BCUT2D eigenvalue weighted by Crippen LogP contribution is 2.20. The molecule has 1 rings (SSSR count). The summed E-state index contributed by atoms with van der Waals surface area (Å²) in [6.07, 6.45) is 0.159. The number of ether oxygens (including phenoxy) is 1. The van der Waals surface area contributed by atoms with E-state index in [1.54, 1.807) is 0 Å². The van der Waals surface area contributed by atoms with Crippen LogP contribution in [0.5, 0.6) is 5.75 Å². The Morgan fingerprint density at radius 3 is 2.62 bits per heavy atom. The molecular formula is C11H15FO3S. The van der Waals surface area contributed by atoms with Crippen LogP contribution in [0, 0.1) is 13.8 Å². The van der Waals surface area contributed by atoms with E-state index in [2.05, 4.69) is 0 Å². The zero-order chi connectivity index (χ0) is 12.2. The lowest BCUT2D eigenvalue weighted by molar-refractivity contribution is 0.314. The number of halogens is 1. The summed E-state index contributed by atoms with van der Waals surface area (Å²) in [6, 6.07) is 5.64. The van der Waals surface area contributed by atoms with Gasteiger partial charge in [-0.2, -0.15) is 8.42 Å². The van der Waals surface area contributed by atoms with E-state index in [4.69, 9.17) is 4.74 Å². The van der Waals surface area contributed by atoms with Crippen molar-refractivity contribution in [2.24, 2.45) is 0 Å². The molecule has 0 aliphatic heterocycles. The zero-order valence-corrected chi connectivity index (χ0v) is 10.2. The summed E-state index contributed by atoms with van der Waals surface area (Å²) in [5, 5.41) is 0. The first-order chi connectivity index (χ1) is 7.40. The second kappa shape index (κ2) is 5.30. The van der Waals surface area contributed by atoms with Gasteiger partial charge in [-0.15, -0.1) is 3.89 Å². The van der Waals surface area contributed by atoms with Crippen LogP contribution in [0.2, 0.25) is 0 Å². The minimum Gasteiger partial charge on any atom is -0.493 e. The summed E-state index contributed by atoms with van der Waals surface area (Å²) in [6.45, 7) is 4.10. The van der Waals surface area contributed by atoms with Crippen LogP contribution in [0.4, 0.5) is 3.89 Å². The van der Waals surface area contributed by atoms with Crippen LogP contribution in [-0.4, -0.2) is 20.8 Å². The number of rotatable bonds is 5. The number of benzene rings is 1. The fourth-order valence-electron chi connectivity index (χ4n) is 1.29. The van der Waals surface area contributed by atoms with Gasteiger partial charge < -0.3 is 4.74 Å². The van der Waals surface area contributed by atoms with Crippen molar-refractivity contribution in [3.05, 3.63) is 29.3 Å². The molecule has 0 fully saturated rings. The van der Waals surface area contributed by atoms with Crippen LogP contribution in [-0.2, 0) is 10.2 Å². The van der Waals surface area contributed by atoms with Gasteiger partial charge in [0.15, 0.2) is 0 Å². The Labute approximate surface area is 95.5 Å². The third-order valence-electron chi connectivity index (χ3n) is 2.34. The summed E-state index contributed by atoms with van der Waals surface area (Å²) in [7, 11) is -4.38. The Balaban J connectivity index is 2.47. The molecule has 0 spiro atoms. The molecule has 90 valence electrons. The molecule has 0 aliphatic carbocycles.